The molecule has 1 aromatic heterocycles. The summed E-state index contributed by atoms with van der Waals surface area (Å²) >= 11 is 3.87. The van der Waals surface area contributed by atoms with Crippen LogP contribution < -0.4 is 0 Å². The molecule has 62 valence electrons. The Kier molecular flexibility index (Phi) is 1.68. The quantitative estimate of drug-likeness (QED) is 0.698. The van der Waals surface area contributed by atoms with Crippen LogP contribution in [-0.4, -0.2) is 10.1 Å². The Morgan fingerprint density at radius 2 is 2.25 bits per heavy atom. The minimum Gasteiger partial charge on any atom is -0.286 e. The van der Waals surface area contributed by atoms with E-state index in [4.69, 9.17) is 0 Å². The second kappa shape index (κ2) is 2.59. The molecule has 1 fully saturated rings. The predicted molar refractivity (Wildman–Crippen MR) is 49.1 cm³/mol. The summed E-state index contributed by atoms with van der Waals surface area (Å²) in [5.74, 6) is 0. The van der Waals surface area contributed by atoms with Crippen LogP contribution >= 0.6 is 12.6 Å². The molecule has 0 spiro atoms. The van der Waals surface area contributed by atoms with Crippen LogP contribution in [0, 0.1) is 0 Å². The molecule has 1 heterocycles. The van der Waals surface area contributed by atoms with Gasteiger partial charge in [-0.05, 0) is 25.0 Å². The van der Waals surface area contributed by atoms with Gasteiger partial charge in [0.15, 0.2) is 5.12 Å². The third kappa shape index (κ3) is 1.05. The third-order valence-electron chi connectivity index (χ3n) is 2.31. The first-order chi connectivity index (χ1) is 5.76. The molecular formula is C9H9NOS. The lowest BCUT2D eigenvalue weighted by molar-refractivity contribution is -0.113. The highest BCUT2D eigenvalue weighted by Gasteiger charge is 2.50. The van der Waals surface area contributed by atoms with Crippen LogP contribution in [0.15, 0.2) is 24.4 Å². The van der Waals surface area contributed by atoms with Gasteiger partial charge in [0.25, 0.3) is 0 Å². The Bertz CT molecular complexity index is 306. The normalized spacial score (nSPS) is 18.8. The van der Waals surface area contributed by atoms with E-state index in [1.165, 1.54) is 0 Å². The van der Waals surface area contributed by atoms with Crippen LogP contribution in [-0.2, 0) is 10.2 Å². The predicted octanol–water partition coefficient (Wildman–Crippen LogP) is 1.57. The highest BCUT2D eigenvalue weighted by atomic mass is 32.1. The molecule has 1 aliphatic carbocycles. The average Bonchev–Trinajstić information content (AvgIpc) is 2.86. The van der Waals surface area contributed by atoms with Crippen molar-refractivity contribution in [2.75, 3.05) is 0 Å². The van der Waals surface area contributed by atoms with Crippen LogP contribution in [0.2, 0.25) is 0 Å². The van der Waals surface area contributed by atoms with Gasteiger partial charge >= 0.3 is 0 Å². The second-order valence-corrected chi connectivity index (χ2v) is 3.51. The van der Waals surface area contributed by atoms with Crippen molar-refractivity contribution in [3.8, 4) is 0 Å². The highest BCUT2D eigenvalue weighted by molar-refractivity contribution is 7.96. The Morgan fingerprint density at radius 3 is 2.67 bits per heavy atom. The van der Waals surface area contributed by atoms with Crippen LogP contribution in [0.25, 0.3) is 0 Å². The van der Waals surface area contributed by atoms with E-state index in [-0.39, 0.29) is 10.5 Å². The number of hydrogen-bond acceptors (Lipinski definition) is 2. The van der Waals surface area contributed by atoms with Crippen LogP contribution in [0.4, 0.5) is 0 Å². The summed E-state index contributed by atoms with van der Waals surface area (Å²) in [4.78, 5) is 15.3. The fraction of sp³-hybridized carbons (Fsp3) is 0.333. The molecule has 0 unspecified atom stereocenters. The van der Waals surface area contributed by atoms with Crippen molar-refractivity contribution >= 4 is 17.7 Å². The number of nitrogens with zero attached hydrogens (tertiary/aromatic N) is 1. The summed E-state index contributed by atoms with van der Waals surface area (Å²) in [5, 5.41) is -0.0544. The molecule has 12 heavy (non-hydrogen) atoms. The first kappa shape index (κ1) is 7.80. The molecule has 0 bridgehead atoms. The van der Waals surface area contributed by atoms with Crippen molar-refractivity contribution < 1.29 is 4.79 Å². The smallest absolute Gasteiger partial charge is 0.198 e. The van der Waals surface area contributed by atoms with Gasteiger partial charge in [0.05, 0.1) is 11.1 Å². The molecule has 0 N–H and O–H groups in total. The van der Waals surface area contributed by atoms with Crippen LogP contribution in [0.3, 0.4) is 0 Å². The molecule has 0 atom stereocenters. The van der Waals surface area contributed by atoms with E-state index in [1.807, 2.05) is 18.2 Å². The van der Waals surface area contributed by atoms with Gasteiger partial charge in [-0.25, -0.2) is 0 Å². The maximum absolute atomic E-state index is 11.2. The molecule has 1 saturated carbocycles. The Hall–Kier alpha value is -0.830. The molecule has 0 amide bonds. The number of thiol groups is 1. The molecule has 0 aliphatic heterocycles. The zero-order valence-corrected chi connectivity index (χ0v) is 7.42. The molecule has 2 rings (SSSR count). The SMILES string of the molecule is O=C(S)C1(c2ccccn2)CC1. The lowest BCUT2D eigenvalue weighted by atomic mass is 10.0. The fourth-order valence-electron chi connectivity index (χ4n) is 1.35. The van der Waals surface area contributed by atoms with Gasteiger partial charge in [0.1, 0.15) is 0 Å². The lowest BCUT2D eigenvalue weighted by Crippen LogP contribution is -2.16. The van der Waals surface area contributed by atoms with Gasteiger partial charge in [0.2, 0.25) is 0 Å². The van der Waals surface area contributed by atoms with Gasteiger partial charge in [-0.2, -0.15) is 0 Å². The van der Waals surface area contributed by atoms with E-state index in [2.05, 4.69) is 17.6 Å². The Labute approximate surface area is 76.4 Å². The third-order valence-corrected chi connectivity index (χ3v) is 2.74. The van der Waals surface area contributed by atoms with Gasteiger partial charge in [0, 0.05) is 6.20 Å². The van der Waals surface area contributed by atoms with Gasteiger partial charge < -0.3 is 0 Å². The summed E-state index contributed by atoms with van der Waals surface area (Å²) in [6.07, 6.45) is 3.50. The Morgan fingerprint density at radius 1 is 1.50 bits per heavy atom. The molecule has 3 heteroatoms. The van der Waals surface area contributed by atoms with Gasteiger partial charge in [-0.1, -0.05) is 6.07 Å². The summed E-state index contributed by atoms with van der Waals surface area (Å²) < 4.78 is 0. The number of aromatic nitrogens is 1. The standard InChI is InChI=1S/C9H9NOS/c11-8(12)9(4-5-9)7-3-1-2-6-10-7/h1-3,6H,4-5H2,(H,11,12). The van der Waals surface area contributed by atoms with E-state index in [1.54, 1.807) is 6.20 Å². The molecule has 2 nitrogen and oxygen atoms in total. The maximum Gasteiger partial charge on any atom is 0.198 e. The molecule has 0 aromatic carbocycles. The van der Waals surface area contributed by atoms with E-state index < -0.39 is 0 Å². The highest BCUT2D eigenvalue weighted by Crippen LogP contribution is 2.48. The van der Waals surface area contributed by atoms with Crippen molar-refractivity contribution in [1.82, 2.24) is 4.98 Å². The fourth-order valence-corrected chi connectivity index (χ4v) is 1.69. The summed E-state index contributed by atoms with van der Waals surface area (Å²) in [5.41, 5.74) is 0.523. The van der Waals surface area contributed by atoms with Crippen molar-refractivity contribution in [2.45, 2.75) is 18.3 Å². The minimum atomic E-state index is -0.343. The van der Waals surface area contributed by atoms with E-state index in [0.29, 0.717) is 0 Å². The number of carbonyl (C=O) groups is 1. The largest absolute Gasteiger partial charge is 0.286 e. The van der Waals surface area contributed by atoms with E-state index >= 15 is 0 Å². The lowest BCUT2D eigenvalue weighted by Gasteiger charge is -2.07. The summed E-state index contributed by atoms with van der Waals surface area (Å²) in [6.45, 7) is 0. The maximum atomic E-state index is 11.2. The summed E-state index contributed by atoms with van der Waals surface area (Å²) in [6, 6.07) is 5.64. The zero-order chi connectivity index (χ0) is 8.60. The molecule has 0 saturated heterocycles. The second-order valence-electron chi connectivity index (χ2n) is 3.10. The zero-order valence-electron chi connectivity index (χ0n) is 6.53. The topological polar surface area (TPSA) is 30.0 Å². The molecule has 1 aliphatic rings. The average molecular weight is 179 g/mol. The van der Waals surface area contributed by atoms with Crippen LogP contribution in [0.1, 0.15) is 18.5 Å². The molecule has 0 radical (unpaired) electrons. The first-order valence-corrected chi connectivity index (χ1v) is 4.35. The summed E-state index contributed by atoms with van der Waals surface area (Å²) in [7, 11) is 0. The van der Waals surface area contributed by atoms with Gasteiger partial charge in [-0.3, -0.25) is 9.78 Å². The number of rotatable bonds is 2. The van der Waals surface area contributed by atoms with Crippen molar-refractivity contribution in [1.29, 1.82) is 0 Å². The Balaban J connectivity index is 2.37. The first-order valence-electron chi connectivity index (χ1n) is 3.91. The molecular weight excluding hydrogens is 170 g/mol. The monoisotopic (exact) mass is 179 g/mol. The molecule has 1 aromatic rings. The van der Waals surface area contributed by atoms with E-state index in [0.717, 1.165) is 18.5 Å². The van der Waals surface area contributed by atoms with E-state index in [9.17, 15) is 4.79 Å². The number of hydrogen-bond donors (Lipinski definition) is 1. The van der Waals surface area contributed by atoms with Crippen molar-refractivity contribution in [3.05, 3.63) is 30.1 Å². The number of carbonyl (C=O) groups excluding carboxylic acids is 1. The minimum absolute atomic E-state index is 0.0544. The van der Waals surface area contributed by atoms with Gasteiger partial charge in [-0.15, -0.1) is 12.6 Å². The van der Waals surface area contributed by atoms with Crippen molar-refractivity contribution in [3.63, 3.8) is 0 Å². The van der Waals surface area contributed by atoms with Crippen LogP contribution in [0.5, 0.6) is 0 Å². The number of pyridine rings is 1. The van der Waals surface area contributed by atoms with Crippen molar-refractivity contribution in [2.24, 2.45) is 0 Å².